The number of nitriles is 1. The van der Waals surface area contributed by atoms with Crippen molar-refractivity contribution in [3.63, 3.8) is 0 Å². The molecule has 13 heavy (non-hydrogen) atoms. The molecule has 0 aromatic carbocycles. The van der Waals surface area contributed by atoms with Crippen LogP contribution in [0.2, 0.25) is 0 Å². The van der Waals surface area contributed by atoms with E-state index < -0.39 is 15.3 Å². The van der Waals surface area contributed by atoms with Crippen molar-refractivity contribution in [2.75, 3.05) is 19.6 Å². The molecule has 1 saturated heterocycles. The topological polar surface area (TPSA) is 87.2 Å². The van der Waals surface area contributed by atoms with E-state index in [4.69, 9.17) is 10.4 Å². The number of nitrogens with zero attached hydrogens (tertiary/aromatic N) is 2. The molecule has 5 nitrogen and oxygen atoms in total. The minimum atomic E-state index is -3.37. The van der Waals surface area contributed by atoms with Crippen LogP contribution in [0.5, 0.6) is 0 Å². The van der Waals surface area contributed by atoms with Crippen LogP contribution >= 0.6 is 0 Å². The van der Waals surface area contributed by atoms with Crippen LogP contribution < -0.4 is 5.14 Å². The zero-order valence-electron chi connectivity index (χ0n) is 7.31. The minimum absolute atomic E-state index is 0.372. The fourth-order valence-electron chi connectivity index (χ4n) is 1.50. The molecule has 0 aliphatic carbocycles. The third-order valence-corrected chi connectivity index (χ3v) is 3.69. The molecule has 0 unspecified atom stereocenters. The summed E-state index contributed by atoms with van der Waals surface area (Å²) in [4.78, 5) is 1.93. The molecule has 0 saturated carbocycles. The van der Waals surface area contributed by atoms with Crippen LogP contribution in [0.1, 0.15) is 12.8 Å². The normalized spacial score (nSPS) is 21.2. The van der Waals surface area contributed by atoms with Crippen molar-refractivity contribution in [3.05, 3.63) is 0 Å². The van der Waals surface area contributed by atoms with Gasteiger partial charge >= 0.3 is 0 Å². The number of hydrogen-bond acceptors (Lipinski definition) is 4. The Kier molecular flexibility index (Phi) is 3.25. The fourth-order valence-corrected chi connectivity index (χ4v) is 2.36. The molecule has 0 aromatic heterocycles. The molecule has 1 heterocycles. The Morgan fingerprint density at radius 3 is 2.38 bits per heavy atom. The van der Waals surface area contributed by atoms with Gasteiger partial charge in [-0.25, -0.2) is 13.6 Å². The highest BCUT2D eigenvalue weighted by Crippen LogP contribution is 2.14. The summed E-state index contributed by atoms with van der Waals surface area (Å²) in [6, 6.07) is 2.04. The van der Waals surface area contributed by atoms with E-state index in [-0.39, 0.29) is 0 Å². The fraction of sp³-hybridized carbons (Fsp3) is 0.857. The van der Waals surface area contributed by atoms with Gasteiger partial charge in [0.15, 0.2) is 0 Å². The first-order valence-corrected chi connectivity index (χ1v) is 5.76. The lowest BCUT2D eigenvalue weighted by atomic mass is 10.1. The molecule has 2 N–H and O–H groups in total. The molecule has 0 atom stereocenters. The number of sulfonamides is 1. The maximum atomic E-state index is 10.9. The van der Waals surface area contributed by atoms with Gasteiger partial charge < -0.3 is 0 Å². The molecule has 1 fully saturated rings. The summed E-state index contributed by atoms with van der Waals surface area (Å²) in [5, 5.41) is 13.0. The maximum Gasteiger partial charge on any atom is 0.212 e. The molecular formula is C7H13N3O2S. The second kappa shape index (κ2) is 4.05. The van der Waals surface area contributed by atoms with Crippen molar-refractivity contribution in [3.8, 4) is 6.07 Å². The average Bonchev–Trinajstić information content (AvgIpc) is 2.04. The quantitative estimate of drug-likeness (QED) is 0.599. The molecule has 1 rings (SSSR count). The molecule has 0 amide bonds. The Balaban J connectivity index is 2.45. The van der Waals surface area contributed by atoms with Crippen molar-refractivity contribution in [1.29, 1.82) is 5.26 Å². The first-order valence-electron chi connectivity index (χ1n) is 4.15. The maximum absolute atomic E-state index is 10.9. The highest BCUT2D eigenvalue weighted by atomic mass is 32.2. The molecule has 1 aliphatic rings. The Morgan fingerprint density at radius 1 is 1.46 bits per heavy atom. The van der Waals surface area contributed by atoms with Crippen molar-refractivity contribution in [2.45, 2.75) is 18.1 Å². The molecule has 74 valence electrons. The lowest BCUT2D eigenvalue weighted by molar-refractivity contribution is 0.255. The van der Waals surface area contributed by atoms with E-state index in [1.54, 1.807) is 0 Å². The predicted molar refractivity (Wildman–Crippen MR) is 48.2 cm³/mol. The highest BCUT2D eigenvalue weighted by Gasteiger charge is 2.26. The molecule has 0 spiro atoms. The number of piperidine rings is 1. The summed E-state index contributed by atoms with van der Waals surface area (Å²) < 4.78 is 21.9. The number of rotatable bonds is 2. The number of hydrogen-bond donors (Lipinski definition) is 1. The van der Waals surface area contributed by atoms with Crippen LogP contribution in [-0.4, -0.2) is 38.2 Å². The van der Waals surface area contributed by atoms with E-state index in [1.807, 2.05) is 11.0 Å². The lowest BCUT2D eigenvalue weighted by Gasteiger charge is -2.28. The third kappa shape index (κ3) is 2.95. The molecule has 1 aliphatic heterocycles. The van der Waals surface area contributed by atoms with Crippen molar-refractivity contribution >= 4 is 10.0 Å². The Bertz CT molecular complexity index is 298. The summed E-state index contributed by atoms with van der Waals surface area (Å²) in [6.07, 6.45) is 1.08. The smallest absolute Gasteiger partial charge is 0.212 e. The summed E-state index contributed by atoms with van der Waals surface area (Å²) in [6.45, 7) is 1.67. The standard InChI is InChI=1S/C7H13N3O2S/c8-3-6-10-4-1-7(2-5-10)13(9,11)12/h7H,1-2,4-6H2,(H2,9,11,12). The summed E-state index contributed by atoms with van der Waals surface area (Å²) >= 11 is 0. The zero-order chi connectivity index (χ0) is 9.90. The van der Waals surface area contributed by atoms with Crippen LogP contribution in [-0.2, 0) is 10.0 Å². The van der Waals surface area contributed by atoms with Crippen LogP contribution in [0, 0.1) is 11.3 Å². The van der Waals surface area contributed by atoms with Crippen LogP contribution in [0.4, 0.5) is 0 Å². The Labute approximate surface area is 78.2 Å². The second-order valence-corrected chi connectivity index (χ2v) is 5.07. The van der Waals surface area contributed by atoms with Gasteiger partial charge in [-0.05, 0) is 12.8 Å². The van der Waals surface area contributed by atoms with Gasteiger partial charge in [0.2, 0.25) is 10.0 Å². The summed E-state index contributed by atoms with van der Waals surface area (Å²) in [5.74, 6) is 0. The predicted octanol–water partition coefficient (Wildman–Crippen LogP) is -0.737. The monoisotopic (exact) mass is 203 g/mol. The van der Waals surface area contributed by atoms with Gasteiger partial charge in [0.25, 0.3) is 0 Å². The Hall–Kier alpha value is -0.640. The first-order chi connectivity index (χ1) is 6.04. The van der Waals surface area contributed by atoms with E-state index in [0.29, 0.717) is 32.5 Å². The highest BCUT2D eigenvalue weighted by molar-refractivity contribution is 7.89. The van der Waals surface area contributed by atoms with Gasteiger partial charge in [-0.2, -0.15) is 5.26 Å². The Morgan fingerprint density at radius 2 is 2.00 bits per heavy atom. The molecule has 0 radical (unpaired) electrons. The zero-order valence-corrected chi connectivity index (χ0v) is 8.13. The van der Waals surface area contributed by atoms with Gasteiger partial charge in [-0.3, -0.25) is 4.90 Å². The number of primary sulfonamides is 1. The van der Waals surface area contributed by atoms with E-state index in [1.165, 1.54) is 0 Å². The number of nitrogens with two attached hydrogens (primary N) is 1. The van der Waals surface area contributed by atoms with Crippen LogP contribution in [0.25, 0.3) is 0 Å². The SMILES string of the molecule is N#CCN1CCC(S(N)(=O)=O)CC1. The molecule has 0 bridgehead atoms. The van der Waals surface area contributed by atoms with Gasteiger partial charge in [0.1, 0.15) is 0 Å². The van der Waals surface area contributed by atoms with E-state index >= 15 is 0 Å². The summed E-state index contributed by atoms with van der Waals surface area (Å²) in [5.41, 5.74) is 0. The minimum Gasteiger partial charge on any atom is -0.291 e. The van der Waals surface area contributed by atoms with E-state index in [2.05, 4.69) is 0 Å². The third-order valence-electron chi connectivity index (χ3n) is 2.29. The molecule has 6 heteroatoms. The first kappa shape index (κ1) is 10.4. The lowest BCUT2D eigenvalue weighted by Crippen LogP contribution is -2.41. The van der Waals surface area contributed by atoms with Gasteiger partial charge in [0.05, 0.1) is 17.9 Å². The number of likely N-dealkylation sites (tertiary alicyclic amines) is 1. The molecule has 0 aromatic rings. The van der Waals surface area contributed by atoms with Crippen LogP contribution in [0.3, 0.4) is 0 Å². The van der Waals surface area contributed by atoms with Crippen molar-refractivity contribution in [1.82, 2.24) is 4.90 Å². The average molecular weight is 203 g/mol. The largest absolute Gasteiger partial charge is 0.291 e. The van der Waals surface area contributed by atoms with Crippen LogP contribution in [0.15, 0.2) is 0 Å². The van der Waals surface area contributed by atoms with Crippen molar-refractivity contribution < 1.29 is 8.42 Å². The van der Waals surface area contributed by atoms with Gasteiger partial charge in [-0.1, -0.05) is 0 Å². The van der Waals surface area contributed by atoms with E-state index in [0.717, 1.165) is 0 Å². The van der Waals surface area contributed by atoms with Gasteiger partial charge in [-0.15, -0.1) is 0 Å². The van der Waals surface area contributed by atoms with Gasteiger partial charge in [0, 0.05) is 13.1 Å². The molecular weight excluding hydrogens is 190 g/mol. The van der Waals surface area contributed by atoms with E-state index in [9.17, 15) is 8.42 Å². The van der Waals surface area contributed by atoms with Crippen molar-refractivity contribution in [2.24, 2.45) is 5.14 Å². The summed E-state index contributed by atoms with van der Waals surface area (Å²) in [7, 11) is -3.37. The second-order valence-electron chi connectivity index (χ2n) is 3.22.